The second kappa shape index (κ2) is 14.7. The summed E-state index contributed by atoms with van der Waals surface area (Å²) in [5, 5.41) is 2.95. The van der Waals surface area contributed by atoms with Crippen molar-refractivity contribution < 1.29 is 22.7 Å². The van der Waals surface area contributed by atoms with Gasteiger partial charge in [0.25, 0.3) is 10.0 Å². The van der Waals surface area contributed by atoms with E-state index in [2.05, 4.69) is 5.32 Å². The number of nitrogens with one attached hydrogen (secondary N) is 1. The summed E-state index contributed by atoms with van der Waals surface area (Å²) in [6, 6.07) is 20.0. The number of hydrogen-bond donors (Lipinski definition) is 1. The fourth-order valence-electron chi connectivity index (χ4n) is 4.43. The van der Waals surface area contributed by atoms with Crippen LogP contribution in [0.2, 0.25) is 0 Å². The second-order valence-electron chi connectivity index (χ2n) is 10.1. The number of sulfonamides is 1. The molecule has 3 aromatic carbocycles. The van der Waals surface area contributed by atoms with Crippen molar-refractivity contribution in [3.05, 3.63) is 89.5 Å². The molecule has 2 amide bonds. The number of rotatable bonds is 14. The summed E-state index contributed by atoms with van der Waals surface area (Å²) < 4.78 is 34.2. The smallest absolute Gasteiger partial charge is 0.264 e. The Labute approximate surface area is 244 Å². The van der Waals surface area contributed by atoms with E-state index in [0.717, 1.165) is 33.8 Å². The van der Waals surface area contributed by atoms with Crippen molar-refractivity contribution in [1.29, 1.82) is 0 Å². The molecule has 220 valence electrons. The van der Waals surface area contributed by atoms with Crippen LogP contribution in [-0.2, 0) is 26.2 Å². The van der Waals surface area contributed by atoms with Gasteiger partial charge in [-0.05, 0) is 68.7 Å². The van der Waals surface area contributed by atoms with Gasteiger partial charge in [0.1, 0.15) is 18.3 Å². The van der Waals surface area contributed by atoms with Crippen molar-refractivity contribution in [1.82, 2.24) is 10.2 Å². The van der Waals surface area contributed by atoms with Crippen molar-refractivity contribution in [2.75, 3.05) is 24.5 Å². The molecule has 1 atom stereocenters. The van der Waals surface area contributed by atoms with Gasteiger partial charge in [-0.1, -0.05) is 67.8 Å². The van der Waals surface area contributed by atoms with Crippen LogP contribution >= 0.6 is 0 Å². The Hall–Kier alpha value is -3.85. The zero-order chi connectivity index (χ0) is 30.0. The third kappa shape index (κ3) is 8.33. The van der Waals surface area contributed by atoms with Crippen molar-refractivity contribution in [2.24, 2.45) is 0 Å². The first-order valence-electron chi connectivity index (χ1n) is 14.0. The lowest BCUT2D eigenvalue weighted by molar-refractivity contribution is -0.140. The summed E-state index contributed by atoms with van der Waals surface area (Å²) in [5.74, 6) is -0.201. The number of carbonyl (C=O) groups is 2. The number of hydrogen-bond acceptors (Lipinski definition) is 5. The van der Waals surface area contributed by atoms with Crippen LogP contribution in [0.1, 0.15) is 49.8 Å². The number of ether oxygens (including phenoxy) is 1. The summed E-state index contributed by atoms with van der Waals surface area (Å²) in [6.07, 6.45) is 2.14. The van der Waals surface area contributed by atoms with Crippen molar-refractivity contribution in [3.8, 4) is 5.75 Å². The van der Waals surface area contributed by atoms with Gasteiger partial charge in [-0.15, -0.1) is 0 Å². The fourth-order valence-corrected chi connectivity index (χ4v) is 5.84. The summed E-state index contributed by atoms with van der Waals surface area (Å²) in [4.78, 5) is 28.9. The van der Waals surface area contributed by atoms with Crippen LogP contribution in [0.4, 0.5) is 5.69 Å². The highest BCUT2D eigenvalue weighted by atomic mass is 32.2. The first-order valence-corrected chi connectivity index (χ1v) is 15.4. The normalized spacial score (nSPS) is 11.9. The van der Waals surface area contributed by atoms with Crippen LogP contribution in [0.25, 0.3) is 0 Å². The zero-order valence-electron chi connectivity index (χ0n) is 24.6. The third-order valence-electron chi connectivity index (χ3n) is 6.94. The molecule has 0 aliphatic rings. The Balaban J connectivity index is 2.02. The van der Waals surface area contributed by atoms with Crippen LogP contribution < -0.4 is 14.4 Å². The Kier molecular flexibility index (Phi) is 11.3. The van der Waals surface area contributed by atoms with Crippen molar-refractivity contribution in [3.63, 3.8) is 0 Å². The number of carbonyl (C=O) groups excluding carboxylic acids is 2. The molecule has 0 bridgehead atoms. The number of aryl methyl sites for hydroxylation is 2. The molecule has 0 aliphatic heterocycles. The van der Waals surface area contributed by atoms with E-state index in [1.165, 1.54) is 24.1 Å². The molecule has 8 nitrogen and oxygen atoms in total. The van der Waals surface area contributed by atoms with Crippen molar-refractivity contribution >= 4 is 27.5 Å². The molecular formula is C32H41N3O5S. The number of unbranched alkanes of at least 4 members (excludes halogenated alkanes) is 1. The predicted octanol–water partition coefficient (Wildman–Crippen LogP) is 5.23. The average molecular weight is 580 g/mol. The molecule has 0 radical (unpaired) electrons. The highest BCUT2D eigenvalue weighted by molar-refractivity contribution is 7.92. The Morgan fingerprint density at radius 3 is 2.00 bits per heavy atom. The van der Waals surface area contributed by atoms with Gasteiger partial charge < -0.3 is 15.0 Å². The number of anilines is 1. The minimum atomic E-state index is -4.14. The monoisotopic (exact) mass is 579 g/mol. The molecule has 9 heteroatoms. The van der Waals surface area contributed by atoms with E-state index in [-0.39, 0.29) is 17.3 Å². The molecule has 0 fully saturated rings. The van der Waals surface area contributed by atoms with Gasteiger partial charge in [-0.3, -0.25) is 13.9 Å². The van der Waals surface area contributed by atoms with Gasteiger partial charge in [0, 0.05) is 13.1 Å². The first-order chi connectivity index (χ1) is 19.6. The lowest BCUT2D eigenvalue weighted by atomic mass is 10.1. The van der Waals surface area contributed by atoms with E-state index in [0.29, 0.717) is 24.4 Å². The maximum Gasteiger partial charge on any atom is 0.264 e. The van der Waals surface area contributed by atoms with Crippen LogP contribution in [0.5, 0.6) is 5.75 Å². The summed E-state index contributed by atoms with van der Waals surface area (Å²) in [6.45, 7) is 7.99. The van der Waals surface area contributed by atoms with E-state index < -0.39 is 28.5 Å². The maximum atomic E-state index is 14.1. The van der Waals surface area contributed by atoms with E-state index in [9.17, 15) is 18.0 Å². The van der Waals surface area contributed by atoms with Gasteiger partial charge in [-0.25, -0.2) is 8.42 Å². The summed E-state index contributed by atoms with van der Waals surface area (Å²) in [5.41, 5.74) is 3.24. The average Bonchev–Trinajstić information content (AvgIpc) is 2.97. The minimum Gasteiger partial charge on any atom is -0.497 e. The maximum absolute atomic E-state index is 14.1. The number of nitrogens with zero attached hydrogens (tertiary/aromatic N) is 2. The molecule has 1 N–H and O–H groups in total. The van der Waals surface area contributed by atoms with E-state index in [1.54, 1.807) is 36.4 Å². The highest BCUT2D eigenvalue weighted by Crippen LogP contribution is 2.26. The lowest BCUT2D eigenvalue weighted by Gasteiger charge is -2.33. The van der Waals surface area contributed by atoms with Crippen LogP contribution in [0.15, 0.2) is 77.7 Å². The number of amides is 2. The third-order valence-corrected chi connectivity index (χ3v) is 8.73. The molecule has 0 saturated carbocycles. The molecule has 1 unspecified atom stereocenters. The Morgan fingerprint density at radius 2 is 1.46 bits per heavy atom. The standard InChI is InChI=1S/C32H41N3O5S/c1-6-8-21-33-32(37)30(7-2)34(22-26-13-9-24(3)10-14-26)31(36)23-35(27-15-11-25(4)12-16-27)41(38,39)29-19-17-28(40-5)18-20-29/h9-20,30H,6-8,21-23H2,1-5H3,(H,33,37). The SMILES string of the molecule is CCCCNC(=O)C(CC)N(Cc1ccc(C)cc1)C(=O)CN(c1ccc(C)cc1)S(=O)(=O)c1ccc(OC)cc1. The molecule has 3 rings (SSSR count). The van der Waals surface area contributed by atoms with Gasteiger partial charge in [0.15, 0.2) is 0 Å². The van der Waals surface area contributed by atoms with Gasteiger partial charge in [0.2, 0.25) is 11.8 Å². The summed E-state index contributed by atoms with van der Waals surface area (Å²) in [7, 11) is -2.63. The first kappa shape index (κ1) is 31.7. The lowest BCUT2D eigenvalue weighted by Crippen LogP contribution is -2.52. The van der Waals surface area contributed by atoms with Gasteiger partial charge in [0.05, 0.1) is 17.7 Å². The van der Waals surface area contributed by atoms with E-state index >= 15 is 0 Å². The molecule has 41 heavy (non-hydrogen) atoms. The highest BCUT2D eigenvalue weighted by Gasteiger charge is 2.33. The Bertz CT molecular complexity index is 1390. The molecule has 0 saturated heterocycles. The molecular weight excluding hydrogens is 538 g/mol. The fraction of sp³-hybridized carbons (Fsp3) is 0.375. The second-order valence-corrected chi connectivity index (χ2v) is 12.0. The van der Waals surface area contributed by atoms with E-state index in [1.807, 2.05) is 52.0 Å². The van der Waals surface area contributed by atoms with Crippen LogP contribution in [0, 0.1) is 13.8 Å². The minimum absolute atomic E-state index is 0.0288. The summed E-state index contributed by atoms with van der Waals surface area (Å²) >= 11 is 0. The molecule has 0 aromatic heterocycles. The number of benzene rings is 3. The predicted molar refractivity (Wildman–Crippen MR) is 162 cm³/mol. The van der Waals surface area contributed by atoms with Crippen molar-refractivity contribution in [2.45, 2.75) is 64.4 Å². The van der Waals surface area contributed by atoms with E-state index in [4.69, 9.17) is 4.74 Å². The van der Waals surface area contributed by atoms with Crippen LogP contribution in [-0.4, -0.2) is 51.4 Å². The topological polar surface area (TPSA) is 96.0 Å². The number of methoxy groups -OCH3 is 1. The molecule has 0 heterocycles. The molecule has 3 aromatic rings. The largest absolute Gasteiger partial charge is 0.497 e. The zero-order valence-corrected chi connectivity index (χ0v) is 25.4. The quantitative estimate of drug-likeness (QED) is 0.264. The van der Waals surface area contributed by atoms with Crippen LogP contribution in [0.3, 0.4) is 0 Å². The Morgan fingerprint density at radius 1 is 0.878 bits per heavy atom. The van der Waals surface area contributed by atoms with Gasteiger partial charge in [-0.2, -0.15) is 0 Å². The molecule has 0 spiro atoms. The molecule has 0 aliphatic carbocycles. The van der Waals surface area contributed by atoms with Gasteiger partial charge >= 0.3 is 0 Å².